The van der Waals surface area contributed by atoms with E-state index in [1.165, 1.54) is 12.1 Å². The van der Waals surface area contributed by atoms with Gasteiger partial charge in [0.15, 0.2) is 5.82 Å². The van der Waals surface area contributed by atoms with Gasteiger partial charge in [0.1, 0.15) is 5.60 Å². The van der Waals surface area contributed by atoms with Gasteiger partial charge in [-0.05, 0) is 32.9 Å². The first-order valence-corrected chi connectivity index (χ1v) is 6.55. The molecule has 1 aromatic rings. The fourth-order valence-corrected chi connectivity index (χ4v) is 1.85. The van der Waals surface area contributed by atoms with Crippen LogP contribution in [0, 0.1) is 5.82 Å². The van der Waals surface area contributed by atoms with E-state index in [9.17, 15) is 9.18 Å². The molecule has 0 bridgehead atoms. The standard InChI is InChI=1S/C13H16Cl2FNO2/c1-13(2,3)19-11(18)4-5-17-8-6-9(14)12(16)10(15)7-8/h6-7,17H,4-5H2,1-3H3. The lowest BCUT2D eigenvalue weighted by Crippen LogP contribution is -2.25. The first-order valence-electron chi connectivity index (χ1n) is 5.79. The van der Waals surface area contributed by atoms with Gasteiger partial charge in [-0.15, -0.1) is 0 Å². The Bertz CT molecular complexity index is 449. The fourth-order valence-electron chi connectivity index (χ4n) is 1.36. The van der Waals surface area contributed by atoms with Crippen LogP contribution in [0.15, 0.2) is 12.1 Å². The van der Waals surface area contributed by atoms with E-state index in [1.54, 1.807) is 20.8 Å². The summed E-state index contributed by atoms with van der Waals surface area (Å²) < 4.78 is 18.3. The number of hydrogen-bond donors (Lipinski definition) is 1. The summed E-state index contributed by atoms with van der Waals surface area (Å²) in [6, 6.07) is 2.83. The van der Waals surface area contributed by atoms with Gasteiger partial charge in [0.25, 0.3) is 0 Å². The van der Waals surface area contributed by atoms with Crippen LogP contribution in [-0.2, 0) is 9.53 Å². The van der Waals surface area contributed by atoms with Crippen molar-refractivity contribution in [2.75, 3.05) is 11.9 Å². The lowest BCUT2D eigenvalue weighted by atomic mass is 10.2. The van der Waals surface area contributed by atoms with Gasteiger partial charge in [-0.25, -0.2) is 4.39 Å². The van der Waals surface area contributed by atoms with Crippen molar-refractivity contribution in [2.45, 2.75) is 32.8 Å². The molecule has 3 nitrogen and oxygen atoms in total. The Hall–Kier alpha value is -1.00. The number of nitrogens with one attached hydrogen (secondary N) is 1. The summed E-state index contributed by atoms with van der Waals surface area (Å²) >= 11 is 11.3. The van der Waals surface area contributed by atoms with Crippen LogP contribution in [0.5, 0.6) is 0 Å². The molecule has 0 fully saturated rings. The molecule has 0 aliphatic rings. The third-order valence-electron chi connectivity index (χ3n) is 2.06. The highest BCUT2D eigenvalue weighted by atomic mass is 35.5. The Kier molecular flexibility index (Phi) is 5.44. The largest absolute Gasteiger partial charge is 0.460 e. The molecule has 0 heterocycles. The fraction of sp³-hybridized carbons (Fsp3) is 0.462. The van der Waals surface area contributed by atoms with Gasteiger partial charge in [0.2, 0.25) is 0 Å². The number of carbonyl (C=O) groups is 1. The van der Waals surface area contributed by atoms with Crippen molar-refractivity contribution in [2.24, 2.45) is 0 Å². The van der Waals surface area contributed by atoms with E-state index in [0.717, 1.165) is 0 Å². The summed E-state index contributed by atoms with van der Waals surface area (Å²) in [5, 5.41) is 2.81. The average molecular weight is 308 g/mol. The minimum atomic E-state index is -0.652. The maximum Gasteiger partial charge on any atom is 0.308 e. The molecule has 6 heteroatoms. The monoisotopic (exact) mass is 307 g/mol. The molecule has 1 rings (SSSR count). The Balaban J connectivity index is 2.48. The Morgan fingerprint density at radius 3 is 2.32 bits per heavy atom. The molecule has 1 aromatic carbocycles. The highest BCUT2D eigenvalue weighted by molar-refractivity contribution is 6.35. The zero-order chi connectivity index (χ0) is 14.6. The number of carbonyl (C=O) groups excluding carboxylic acids is 1. The maximum absolute atomic E-state index is 13.2. The molecule has 0 atom stereocenters. The molecule has 0 radical (unpaired) electrons. The maximum atomic E-state index is 13.2. The summed E-state index contributed by atoms with van der Waals surface area (Å²) in [7, 11) is 0. The minimum Gasteiger partial charge on any atom is -0.460 e. The van der Waals surface area contributed by atoms with Crippen LogP contribution in [0.25, 0.3) is 0 Å². The molecule has 0 saturated carbocycles. The molecule has 0 aliphatic carbocycles. The predicted molar refractivity (Wildman–Crippen MR) is 75.4 cm³/mol. The predicted octanol–water partition coefficient (Wildman–Crippen LogP) is 4.28. The van der Waals surface area contributed by atoms with Crippen LogP contribution >= 0.6 is 23.2 Å². The molecule has 106 valence electrons. The molecule has 0 saturated heterocycles. The van der Waals surface area contributed by atoms with E-state index in [-0.39, 0.29) is 22.4 Å². The second-order valence-corrected chi connectivity index (χ2v) is 5.83. The number of benzene rings is 1. The first kappa shape index (κ1) is 16.1. The van der Waals surface area contributed by atoms with Gasteiger partial charge in [0, 0.05) is 12.2 Å². The van der Waals surface area contributed by atoms with E-state index >= 15 is 0 Å². The van der Waals surface area contributed by atoms with Crippen LogP contribution in [-0.4, -0.2) is 18.1 Å². The molecule has 0 unspecified atom stereocenters. The summed E-state index contributed by atoms with van der Waals surface area (Å²) in [5.41, 5.74) is 0.0551. The van der Waals surface area contributed by atoms with Gasteiger partial charge in [-0.2, -0.15) is 0 Å². The van der Waals surface area contributed by atoms with E-state index in [0.29, 0.717) is 12.2 Å². The van der Waals surface area contributed by atoms with Gasteiger partial charge >= 0.3 is 5.97 Å². The van der Waals surface area contributed by atoms with Gasteiger partial charge in [-0.3, -0.25) is 4.79 Å². The van der Waals surface area contributed by atoms with Crippen molar-refractivity contribution in [1.29, 1.82) is 0 Å². The molecular formula is C13H16Cl2FNO2. The van der Waals surface area contributed by atoms with E-state index < -0.39 is 11.4 Å². The Morgan fingerprint density at radius 1 is 1.32 bits per heavy atom. The van der Waals surface area contributed by atoms with Gasteiger partial charge < -0.3 is 10.1 Å². The SMILES string of the molecule is CC(C)(C)OC(=O)CCNc1cc(Cl)c(F)c(Cl)c1. The van der Waals surface area contributed by atoms with E-state index in [2.05, 4.69) is 5.32 Å². The van der Waals surface area contributed by atoms with Crippen LogP contribution in [0.3, 0.4) is 0 Å². The molecule has 0 aliphatic heterocycles. The van der Waals surface area contributed by atoms with Crippen molar-refractivity contribution in [3.05, 3.63) is 28.0 Å². The number of ether oxygens (including phenoxy) is 1. The average Bonchev–Trinajstić information content (AvgIpc) is 2.23. The smallest absolute Gasteiger partial charge is 0.308 e. The van der Waals surface area contributed by atoms with E-state index in [1.807, 2.05) is 0 Å². The van der Waals surface area contributed by atoms with Crippen molar-refractivity contribution < 1.29 is 13.9 Å². The number of halogens is 3. The quantitative estimate of drug-likeness (QED) is 0.666. The van der Waals surface area contributed by atoms with Crippen molar-refractivity contribution in [3.8, 4) is 0 Å². The van der Waals surface area contributed by atoms with Gasteiger partial charge in [0.05, 0.1) is 16.5 Å². The molecule has 0 spiro atoms. The number of esters is 1. The first-order chi connectivity index (χ1) is 8.69. The third-order valence-corrected chi connectivity index (χ3v) is 2.61. The van der Waals surface area contributed by atoms with Crippen LogP contribution in [0.1, 0.15) is 27.2 Å². The molecule has 19 heavy (non-hydrogen) atoms. The highest BCUT2D eigenvalue weighted by Gasteiger charge is 2.15. The lowest BCUT2D eigenvalue weighted by Gasteiger charge is -2.19. The van der Waals surface area contributed by atoms with Crippen molar-refractivity contribution in [1.82, 2.24) is 0 Å². The Labute approximate surface area is 122 Å². The molecule has 1 N–H and O–H groups in total. The van der Waals surface area contributed by atoms with Gasteiger partial charge in [-0.1, -0.05) is 23.2 Å². The van der Waals surface area contributed by atoms with Crippen LogP contribution in [0.2, 0.25) is 10.0 Å². The highest BCUT2D eigenvalue weighted by Crippen LogP contribution is 2.27. The van der Waals surface area contributed by atoms with Crippen LogP contribution in [0.4, 0.5) is 10.1 Å². The van der Waals surface area contributed by atoms with E-state index in [4.69, 9.17) is 27.9 Å². The number of hydrogen-bond acceptors (Lipinski definition) is 3. The second-order valence-electron chi connectivity index (χ2n) is 5.02. The lowest BCUT2D eigenvalue weighted by molar-refractivity contribution is -0.154. The topological polar surface area (TPSA) is 38.3 Å². The Morgan fingerprint density at radius 2 is 1.84 bits per heavy atom. The van der Waals surface area contributed by atoms with Crippen molar-refractivity contribution >= 4 is 34.9 Å². The van der Waals surface area contributed by atoms with Crippen molar-refractivity contribution in [3.63, 3.8) is 0 Å². The molecule has 0 aromatic heterocycles. The molecule has 0 amide bonds. The zero-order valence-electron chi connectivity index (χ0n) is 11.0. The molecular weight excluding hydrogens is 292 g/mol. The summed E-state index contributed by atoms with van der Waals surface area (Å²) in [4.78, 5) is 11.5. The normalized spacial score (nSPS) is 11.3. The van der Waals surface area contributed by atoms with Crippen LogP contribution < -0.4 is 5.32 Å². The second kappa shape index (κ2) is 6.44. The third kappa shape index (κ3) is 5.66. The summed E-state index contributed by atoms with van der Waals surface area (Å²) in [5.74, 6) is -0.958. The summed E-state index contributed by atoms with van der Waals surface area (Å²) in [6.07, 6.45) is 0.198. The minimum absolute atomic E-state index is 0.0627. The number of rotatable bonds is 4. The number of anilines is 1. The summed E-state index contributed by atoms with van der Waals surface area (Å²) in [6.45, 7) is 5.76. The zero-order valence-corrected chi connectivity index (χ0v) is 12.5.